The number of rotatable bonds is 2. The van der Waals surface area contributed by atoms with Crippen molar-refractivity contribution in [3.05, 3.63) is 0 Å². The number of carbonyl (C=O) groups is 1. The van der Waals surface area contributed by atoms with E-state index in [4.69, 9.17) is 9.84 Å². The van der Waals surface area contributed by atoms with Crippen molar-refractivity contribution in [2.24, 2.45) is 0 Å². The Morgan fingerprint density at radius 2 is 2.42 bits per heavy atom. The Kier molecular flexibility index (Phi) is 5.20. The van der Waals surface area contributed by atoms with E-state index < -0.39 is 5.97 Å². The van der Waals surface area contributed by atoms with Gasteiger partial charge in [-0.15, -0.1) is 12.4 Å². The molecule has 1 heterocycles. The van der Waals surface area contributed by atoms with Crippen LogP contribution in [-0.2, 0) is 9.53 Å². The Balaban J connectivity index is 0.00000121. The van der Waals surface area contributed by atoms with Crippen LogP contribution in [0.25, 0.3) is 0 Å². The van der Waals surface area contributed by atoms with Crippen molar-refractivity contribution < 1.29 is 14.6 Å². The molecular weight excluding hydrogens is 182 g/mol. The molecule has 4 nitrogen and oxygen atoms in total. The second kappa shape index (κ2) is 5.35. The minimum Gasteiger partial charge on any atom is -0.481 e. The van der Waals surface area contributed by atoms with Crippen molar-refractivity contribution in [1.29, 1.82) is 0 Å². The average molecular weight is 196 g/mol. The number of carboxylic acids is 1. The lowest BCUT2D eigenvalue weighted by Gasteiger charge is -2.27. The largest absolute Gasteiger partial charge is 0.481 e. The summed E-state index contributed by atoms with van der Waals surface area (Å²) in [6.07, 6.45) is -0.0524. The molecule has 0 spiro atoms. The molecule has 1 fully saturated rings. The lowest BCUT2D eigenvalue weighted by molar-refractivity contribution is -0.141. The van der Waals surface area contributed by atoms with Gasteiger partial charge < -0.3 is 15.2 Å². The predicted octanol–water partition coefficient (Wildman–Crippen LogP) is 0.260. The zero-order valence-corrected chi connectivity index (χ0v) is 7.76. The van der Waals surface area contributed by atoms with Crippen LogP contribution < -0.4 is 5.32 Å². The van der Waals surface area contributed by atoms with Gasteiger partial charge in [0.15, 0.2) is 0 Å². The highest BCUT2D eigenvalue weighted by Gasteiger charge is 2.19. The maximum atomic E-state index is 10.2. The molecule has 1 rings (SSSR count). The van der Waals surface area contributed by atoms with Gasteiger partial charge in [-0.2, -0.15) is 0 Å². The Hall–Kier alpha value is -0.320. The summed E-state index contributed by atoms with van der Waals surface area (Å²) in [6, 6.07) is 0.347. The summed E-state index contributed by atoms with van der Waals surface area (Å²) in [5.74, 6) is -0.800. The molecule has 0 amide bonds. The minimum absolute atomic E-state index is 0. The number of nitrogens with one attached hydrogen (secondary N) is 1. The molecule has 0 aromatic carbocycles. The van der Waals surface area contributed by atoms with Crippen LogP contribution in [0.5, 0.6) is 0 Å². The van der Waals surface area contributed by atoms with Crippen molar-refractivity contribution in [3.63, 3.8) is 0 Å². The molecule has 1 saturated heterocycles. The number of ether oxygens (including phenoxy) is 1. The summed E-state index contributed by atoms with van der Waals surface area (Å²) in [7, 11) is 0. The van der Waals surface area contributed by atoms with E-state index in [1.807, 2.05) is 6.92 Å². The van der Waals surface area contributed by atoms with Gasteiger partial charge in [-0.25, -0.2) is 0 Å². The van der Waals surface area contributed by atoms with Gasteiger partial charge in [0.2, 0.25) is 0 Å². The molecule has 2 atom stereocenters. The van der Waals surface area contributed by atoms with Gasteiger partial charge >= 0.3 is 5.97 Å². The maximum Gasteiger partial charge on any atom is 0.306 e. The fraction of sp³-hybridized carbons (Fsp3) is 0.857. The highest BCUT2D eigenvalue weighted by atomic mass is 35.5. The van der Waals surface area contributed by atoms with Crippen LogP contribution in [0.15, 0.2) is 0 Å². The number of hydrogen-bond donors (Lipinski definition) is 2. The first-order valence-corrected chi connectivity index (χ1v) is 3.75. The second-order valence-corrected chi connectivity index (χ2v) is 2.86. The van der Waals surface area contributed by atoms with E-state index in [2.05, 4.69) is 5.32 Å². The van der Waals surface area contributed by atoms with Gasteiger partial charge in [0.25, 0.3) is 0 Å². The van der Waals surface area contributed by atoms with E-state index >= 15 is 0 Å². The number of aliphatic carboxylic acids is 1. The van der Waals surface area contributed by atoms with Crippen LogP contribution in [0, 0.1) is 0 Å². The second-order valence-electron chi connectivity index (χ2n) is 2.86. The molecule has 0 saturated carbocycles. The van der Waals surface area contributed by atoms with Gasteiger partial charge in [-0.05, 0) is 6.92 Å². The Labute approximate surface area is 77.7 Å². The monoisotopic (exact) mass is 195 g/mol. The first-order valence-electron chi connectivity index (χ1n) is 3.75. The third kappa shape index (κ3) is 3.90. The fourth-order valence-electron chi connectivity index (χ4n) is 1.06. The molecule has 0 aliphatic carbocycles. The molecule has 0 aromatic rings. The van der Waals surface area contributed by atoms with Crippen molar-refractivity contribution in [3.8, 4) is 0 Å². The Bertz CT molecular complexity index is 146. The quantitative estimate of drug-likeness (QED) is 0.664. The summed E-state index contributed by atoms with van der Waals surface area (Å²) in [5.41, 5.74) is 0. The molecule has 0 unspecified atom stereocenters. The molecule has 0 radical (unpaired) electrons. The van der Waals surface area contributed by atoms with E-state index in [-0.39, 0.29) is 24.9 Å². The van der Waals surface area contributed by atoms with Crippen molar-refractivity contribution in [1.82, 2.24) is 5.32 Å². The van der Waals surface area contributed by atoms with Crippen LogP contribution in [0.1, 0.15) is 13.3 Å². The normalized spacial score (nSPS) is 29.1. The third-order valence-electron chi connectivity index (χ3n) is 1.68. The topological polar surface area (TPSA) is 58.6 Å². The highest BCUT2D eigenvalue weighted by molar-refractivity contribution is 5.85. The molecule has 12 heavy (non-hydrogen) atoms. The average Bonchev–Trinajstić information content (AvgIpc) is 1.93. The minimum atomic E-state index is -0.800. The van der Waals surface area contributed by atoms with E-state index in [9.17, 15) is 4.79 Å². The predicted molar refractivity (Wildman–Crippen MR) is 46.7 cm³/mol. The number of hydrogen-bond acceptors (Lipinski definition) is 3. The van der Waals surface area contributed by atoms with Gasteiger partial charge in [0.1, 0.15) is 0 Å². The maximum absolute atomic E-state index is 10.2. The first kappa shape index (κ1) is 11.7. The molecule has 0 aromatic heterocycles. The molecule has 5 heteroatoms. The van der Waals surface area contributed by atoms with Crippen molar-refractivity contribution in [2.75, 3.05) is 13.2 Å². The van der Waals surface area contributed by atoms with E-state index in [1.165, 1.54) is 0 Å². The standard InChI is InChI=1S/C7H13NO3.ClH/c1-5-4-11-6(3-8-5)2-7(9)10;/h5-6,8H,2-4H2,1H3,(H,9,10);1H/t5-,6-;/m1./s1. The molecular formula is C7H14ClNO3. The number of halogens is 1. The lowest BCUT2D eigenvalue weighted by atomic mass is 10.2. The van der Waals surface area contributed by atoms with E-state index in [0.29, 0.717) is 19.2 Å². The van der Waals surface area contributed by atoms with Crippen LogP contribution in [-0.4, -0.2) is 36.4 Å². The Morgan fingerprint density at radius 3 is 2.83 bits per heavy atom. The smallest absolute Gasteiger partial charge is 0.306 e. The van der Waals surface area contributed by atoms with Gasteiger partial charge in [-0.3, -0.25) is 4.79 Å². The Morgan fingerprint density at radius 1 is 1.75 bits per heavy atom. The van der Waals surface area contributed by atoms with E-state index in [1.54, 1.807) is 0 Å². The summed E-state index contributed by atoms with van der Waals surface area (Å²) >= 11 is 0. The van der Waals surface area contributed by atoms with Crippen LogP contribution in [0.2, 0.25) is 0 Å². The van der Waals surface area contributed by atoms with Crippen LogP contribution >= 0.6 is 12.4 Å². The number of morpholine rings is 1. The van der Waals surface area contributed by atoms with Crippen LogP contribution in [0.4, 0.5) is 0 Å². The summed E-state index contributed by atoms with van der Waals surface area (Å²) in [6.45, 7) is 3.27. The SMILES string of the molecule is C[C@@H]1CO[C@H](CC(=O)O)CN1.Cl. The van der Waals surface area contributed by atoms with Gasteiger partial charge in [0, 0.05) is 12.6 Å². The van der Waals surface area contributed by atoms with Crippen LogP contribution in [0.3, 0.4) is 0 Å². The third-order valence-corrected chi connectivity index (χ3v) is 1.68. The zero-order chi connectivity index (χ0) is 8.27. The van der Waals surface area contributed by atoms with E-state index in [0.717, 1.165) is 0 Å². The summed E-state index contributed by atoms with van der Waals surface area (Å²) in [4.78, 5) is 10.2. The molecule has 2 N–H and O–H groups in total. The molecule has 0 bridgehead atoms. The summed E-state index contributed by atoms with van der Waals surface area (Å²) in [5, 5.41) is 11.6. The molecule has 1 aliphatic rings. The van der Waals surface area contributed by atoms with Crippen molar-refractivity contribution >= 4 is 18.4 Å². The molecule has 1 aliphatic heterocycles. The zero-order valence-electron chi connectivity index (χ0n) is 6.95. The first-order chi connectivity index (χ1) is 5.18. The number of carboxylic acid groups (broad SMARTS) is 1. The van der Waals surface area contributed by atoms with Gasteiger partial charge in [0.05, 0.1) is 19.1 Å². The van der Waals surface area contributed by atoms with Gasteiger partial charge in [-0.1, -0.05) is 0 Å². The highest BCUT2D eigenvalue weighted by Crippen LogP contribution is 2.04. The lowest BCUT2D eigenvalue weighted by Crippen LogP contribution is -2.45. The molecule has 72 valence electrons. The summed E-state index contributed by atoms with van der Waals surface area (Å²) < 4.78 is 5.26. The van der Waals surface area contributed by atoms with Crippen molar-refractivity contribution in [2.45, 2.75) is 25.5 Å². The fourth-order valence-corrected chi connectivity index (χ4v) is 1.06.